The van der Waals surface area contributed by atoms with Crippen molar-refractivity contribution in [3.63, 3.8) is 0 Å². The summed E-state index contributed by atoms with van der Waals surface area (Å²) in [5, 5.41) is 1.12. The zero-order valence-electron chi connectivity index (χ0n) is 26.3. The third kappa shape index (κ3) is 6.17. The summed E-state index contributed by atoms with van der Waals surface area (Å²) in [4.78, 5) is 5.19. The van der Waals surface area contributed by atoms with Crippen LogP contribution in [0.25, 0.3) is 55.5 Å². The van der Waals surface area contributed by atoms with Crippen molar-refractivity contribution >= 4 is 10.9 Å². The van der Waals surface area contributed by atoms with Crippen molar-refractivity contribution < 1.29 is 34.3 Å². The molecule has 0 saturated carbocycles. The van der Waals surface area contributed by atoms with E-state index >= 15 is 0 Å². The fraction of sp³-hybridized carbons (Fsp3) is 0.195. The van der Waals surface area contributed by atoms with Crippen LogP contribution in [0.2, 0.25) is 0 Å². The van der Waals surface area contributed by atoms with Gasteiger partial charge in [0.1, 0.15) is 12.4 Å². The molecule has 1 heterocycles. The van der Waals surface area contributed by atoms with E-state index in [1.165, 1.54) is 22.3 Å². The van der Waals surface area contributed by atoms with Crippen LogP contribution in [0.1, 0.15) is 25.0 Å². The molecule has 233 valence electrons. The van der Waals surface area contributed by atoms with Gasteiger partial charge in [-0.25, -0.2) is 0 Å². The first-order chi connectivity index (χ1) is 22.0. The number of pyridine rings is 1. The van der Waals surface area contributed by atoms with Gasteiger partial charge in [-0.1, -0.05) is 104 Å². The standard InChI is InChI=1S/C41H36NO3.Ir/c1-41(2)37-12-8-7-11-33(37)34-19-15-31(26-38(34)41)40-27-35(29-9-5-4-6-10-29)36-25-30(16-20-39(36)42-40)28-13-17-32(18-14-28)45-24-23-44-22-21-43-3;/h4-14,16-20,25-27H,21-24H2,1-3H3;/q-1;. The molecule has 0 N–H and O–H groups in total. The van der Waals surface area contributed by atoms with E-state index < -0.39 is 0 Å². The van der Waals surface area contributed by atoms with Crippen LogP contribution in [-0.4, -0.2) is 38.5 Å². The van der Waals surface area contributed by atoms with Crippen LogP contribution in [0.3, 0.4) is 0 Å². The van der Waals surface area contributed by atoms with Crippen molar-refractivity contribution in [3.05, 3.63) is 132 Å². The molecule has 1 aromatic heterocycles. The second-order valence-electron chi connectivity index (χ2n) is 12.0. The third-order valence-electron chi connectivity index (χ3n) is 8.80. The maximum absolute atomic E-state index is 5.86. The maximum atomic E-state index is 5.86. The van der Waals surface area contributed by atoms with Gasteiger partial charge in [-0.05, 0) is 63.2 Å². The van der Waals surface area contributed by atoms with Crippen LogP contribution in [0.15, 0.2) is 115 Å². The van der Waals surface area contributed by atoms with Crippen LogP contribution in [-0.2, 0) is 35.0 Å². The fourth-order valence-corrected chi connectivity index (χ4v) is 6.39. The molecular formula is C41H36IrNO3-. The average Bonchev–Trinajstić information content (AvgIpc) is 3.32. The molecular weight excluding hydrogens is 747 g/mol. The summed E-state index contributed by atoms with van der Waals surface area (Å²) in [6.07, 6.45) is 0. The molecule has 0 spiro atoms. The van der Waals surface area contributed by atoms with Crippen molar-refractivity contribution in [2.75, 3.05) is 33.5 Å². The summed E-state index contributed by atoms with van der Waals surface area (Å²) in [6, 6.07) is 44.3. The first kappa shape index (κ1) is 31.8. The Bertz CT molecular complexity index is 1970. The van der Waals surface area contributed by atoms with Crippen LogP contribution in [0.4, 0.5) is 0 Å². The summed E-state index contributed by atoms with van der Waals surface area (Å²) >= 11 is 0. The van der Waals surface area contributed by atoms with Crippen molar-refractivity contribution in [2.24, 2.45) is 0 Å². The molecule has 5 aromatic carbocycles. The molecule has 0 fully saturated rings. The summed E-state index contributed by atoms with van der Waals surface area (Å²) < 4.78 is 16.4. The second kappa shape index (κ2) is 13.7. The Balaban J connectivity index is 0.00000372. The zero-order valence-corrected chi connectivity index (χ0v) is 28.7. The molecule has 0 bridgehead atoms. The molecule has 0 saturated heterocycles. The minimum Gasteiger partial charge on any atom is -0.491 e. The number of nitrogens with zero attached hydrogens (tertiary/aromatic N) is 1. The predicted molar refractivity (Wildman–Crippen MR) is 183 cm³/mol. The number of rotatable bonds is 10. The quantitative estimate of drug-likeness (QED) is 0.103. The summed E-state index contributed by atoms with van der Waals surface area (Å²) in [5.74, 6) is 0.822. The van der Waals surface area contributed by atoms with Crippen molar-refractivity contribution in [1.82, 2.24) is 4.98 Å². The normalized spacial score (nSPS) is 12.8. The third-order valence-corrected chi connectivity index (χ3v) is 8.80. The van der Waals surface area contributed by atoms with Gasteiger partial charge in [-0.3, -0.25) is 4.98 Å². The fourth-order valence-electron chi connectivity index (χ4n) is 6.39. The van der Waals surface area contributed by atoms with Crippen molar-refractivity contribution in [3.8, 4) is 50.4 Å². The molecule has 46 heavy (non-hydrogen) atoms. The van der Waals surface area contributed by atoms with Gasteiger partial charge in [0, 0.05) is 32.6 Å². The molecule has 7 rings (SSSR count). The van der Waals surface area contributed by atoms with Crippen LogP contribution < -0.4 is 4.74 Å². The minimum atomic E-state index is -0.0811. The average molecular weight is 783 g/mol. The molecule has 0 atom stereocenters. The zero-order chi connectivity index (χ0) is 30.8. The molecule has 0 amide bonds. The Labute approximate surface area is 284 Å². The topological polar surface area (TPSA) is 40.6 Å². The molecule has 4 nitrogen and oxygen atoms in total. The van der Waals surface area contributed by atoms with Crippen LogP contribution in [0.5, 0.6) is 5.75 Å². The molecule has 1 radical (unpaired) electrons. The van der Waals surface area contributed by atoms with Crippen LogP contribution in [0, 0.1) is 6.07 Å². The van der Waals surface area contributed by atoms with E-state index in [1.54, 1.807) is 7.11 Å². The smallest absolute Gasteiger partial charge is 0.119 e. The van der Waals surface area contributed by atoms with Gasteiger partial charge in [0.15, 0.2) is 0 Å². The second-order valence-corrected chi connectivity index (χ2v) is 12.0. The van der Waals surface area contributed by atoms with Gasteiger partial charge in [0.25, 0.3) is 0 Å². The summed E-state index contributed by atoms with van der Waals surface area (Å²) in [5.41, 5.74) is 12.6. The first-order valence-corrected chi connectivity index (χ1v) is 15.5. The molecule has 1 aliphatic carbocycles. The van der Waals surface area contributed by atoms with E-state index in [4.69, 9.17) is 19.2 Å². The summed E-state index contributed by atoms with van der Waals surface area (Å²) in [7, 11) is 1.67. The number of fused-ring (bicyclic) bond motifs is 4. The Morgan fingerprint density at radius 3 is 2.20 bits per heavy atom. The molecule has 0 unspecified atom stereocenters. The first-order valence-electron chi connectivity index (χ1n) is 15.5. The van der Waals surface area contributed by atoms with Gasteiger partial charge in [-0.15, -0.1) is 29.3 Å². The van der Waals surface area contributed by atoms with Crippen molar-refractivity contribution in [1.29, 1.82) is 0 Å². The predicted octanol–water partition coefficient (Wildman–Crippen LogP) is 9.38. The van der Waals surface area contributed by atoms with E-state index in [0.29, 0.717) is 26.4 Å². The monoisotopic (exact) mass is 783 g/mol. The largest absolute Gasteiger partial charge is 0.491 e. The van der Waals surface area contributed by atoms with E-state index in [-0.39, 0.29) is 25.5 Å². The maximum Gasteiger partial charge on any atom is 0.119 e. The van der Waals surface area contributed by atoms with Gasteiger partial charge in [0.2, 0.25) is 0 Å². The molecule has 1 aliphatic rings. The van der Waals surface area contributed by atoms with E-state index in [1.807, 2.05) is 12.1 Å². The Kier molecular flexibility index (Phi) is 9.49. The molecule has 6 aromatic rings. The van der Waals surface area contributed by atoms with Gasteiger partial charge >= 0.3 is 0 Å². The number of hydrogen-bond acceptors (Lipinski definition) is 4. The van der Waals surface area contributed by atoms with E-state index in [9.17, 15) is 0 Å². The SMILES string of the molecule is COCCOCCOc1ccc(-c2ccc3nc(-c4[c-]cc5c(c4)C(C)(C)c4ccccc4-5)cc(-c4ccccc4)c3c2)cc1.[Ir]. The minimum absolute atomic E-state index is 0. The summed E-state index contributed by atoms with van der Waals surface area (Å²) in [6.45, 7) is 6.80. The van der Waals surface area contributed by atoms with Gasteiger partial charge < -0.3 is 14.2 Å². The Morgan fingerprint density at radius 1 is 0.652 bits per heavy atom. The van der Waals surface area contributed by atoms with Gasteiger partial charge in [0.05, 0.1) is 25.3 Å². The van der Waals surface area contributed by atoms with Crippen LogP contribution >= 0.6 is 0 Å². The molecule has 5 heteroatoms. The van der Waals surface area contributed by atoms with Gasteiger partial charge in [-0.2, -0.15) is 0 Å². The number of ether oxygens (including phenoxy) is 3. The van der Waals surface area contributed by atoms with E-state index in [2.05, 4.69) is 123 Å². The van der Waals surface area contributed by atoms with Crippen molar-refractivity contribution in [2.45, 2.75) is 19.3 Å². The number of benzene rings is 5. The van der Waals surface area contributed by atoms with E-state index in [0.717, 1.165) is 50.2 Å². The number of hydrogen-bond donors (Lipinski definition) is 0. The Hall–Kier alpha value is -4.12. The Morgan fingerprint density at radius 2 is 1.39 bits per heavy atom. The number of aromatic nitrogens is 1. The molecule has 0 aliphatic heterocycles. The number of methoxy groups -OCH3 is 1.